The van der Waals surface area contributed by atoms with Crippen LogP contribution in [0.15, 0.2) is 28.8 Å². The molecule has 1 aliphatic carbocycles. The predicted octanol–water partition coefficient (Wildman–Crippen LogP) is 4.21. The average Bonchev–Trinajstić information content (AvgIpc) is 3.61. The van der Waals surface area contributed by atoms with E-state index < -0.39 is 21.6 Å². The van der Waals surface area contributed by atoms with Gasteiger partial charge in [0.1, 0.15) is 5.56 Å². The van der Waals surface area contributed by atoms with Crippen LogP contribution in [-0.4, -0.2) is 55.6 Å². The number of halogens is 1. The predicted molar refractivity (Wildman–Crippen MR) is 144 cm³/mol. The minimum atomic E-state index is -3.65. The molecule has 206 valence electrons. The van der Waals surface area contributed by atoms with Gasteiger partial charge in [-0.15, -0.1) is 0 Å². The molecule has 1 heterocycles. The zero-order chi connectivity index (χ0) is 28.4. The highest BCUT2D eigenvalue weighted by atomic mass is 35.5. The Balaban J connectivity index is 2.23. The number of sulfone groups is 1. The van der Waals surface area contributed by atoms with Gasteiger partial charge in [0.25, 0.3) is 0 Å². The second kappa shape index (κ2) is 11.8. The molecule has 1 saturated carbocycles. The van der Waals surface area contributed by atoms with Gasteiger partial charge in [-0.05, 0) is 52.7 Å². The second-order valence-electron chi connectivity index (χ2n) is 9.38. The van der Waals surface area contributed by atoms with Crippen LogP contribution in [0.2, 0.25) is 5.02 Å². The van der Waals surface area contributed by atoms with Crippen molar-refractivity contribution in [2.75, 3.05) is 19.9 Å². The molecular weight excluding hydrogens is 532 g/mol. The molecule has 0 atom stereocenters. The van der Waals surface area contributed by atoms with Crippen LogP contribution in [0.4, 0.5) is 0 Å². The van der Waals surface area contributed by atoms with E-state index in [0.717, 1.165) is 19.1 Å². The minimum absolute atomic E-state index is 0.00934. The Hall–Kier alpha value is -3.02. The fraction of sp³-hybridized carbons (Fsp3) is 0.462. The number of nitrogens with zero attached hydrogens (tertiary/aromatic N) is 2. The topological polar surface area (TPSA) is 140 Å². The minimum Gasteiger partial charge on any atom is -0.403 e. The number of carbonyl (C=O) groups is 2. The van der Waals surface area contributed by atoms with E-state index in [4.69, 9.17) is 26.5 Å². The van der Waals surface area contributed by atoms with Crippen molar-refractivity contribution in [3.8, 4) is 5.88 Å². The van der Waals surface area contributed by atoms with E-state index in [9.17, 15) is 18.0 Å². The number of ketones is 1. The van der Waals surface area contributed by atoms with Crippen LogP contribution in [0.25, 0.3) is 0 Å². The van der Waals surface area contributed by atoms with Crippen molar-refractivity contribution in [3.05, 3.63) is 51.3 Å². The largest absolute Gasteiger partial charge is 0.403 e. The number of aromatic nitrogens is 2. The fourth-order valence-electron chi connectivity index (χ4n) is 3.95. The van der Waals surface area contributed by atoms with Crippen LogP contribution in [0.3, 0.4) is 0 Å². The SMILES string of the molecule is CCOCc1c(S(C)(=O)=O)ccc(C(=O)c2c(C3CC3)nn(C(C)C)c2OC(=O)/C(=C/NC)C(C)=N)c1Cl. The van der Waals surface area contributed by atoms with Gasteiger partial charge in [-0.2, -0.15) is 5.10 Å². The lowest BCUT2D eigenvalue weighted by molar-refractivity contribution is -0.130. The van der Waals surface area contributed by atoms with Crippen molar-refractivity contribution in [2.45, 2.75) is 64.0 Å². The summed E-state index contributed by atoms with van der Waals surface area (Å²) in [4.78, 5) is 27.1. The lowest BCUT2D eigenvalue weighted by atomic mass is 9.99. The van der Waals surface area contributed by atoms with Crippen molar-refractivity contribution in [2.24, 2.45) is 0 Å². The lowest BCUT2D eigenvalue weighted by Gasteiger charge is -2.15. The molecule has 0 radical (unpaired) electrons. The number of esters is 1. The summed E-state index contributed by atoms with van der Waals surface area (Å²) < 4.78 is 37.5. The van der Waals surface area contributed by atoms with Crippen LogP contribution in [0.5, 0.6) is 5.88 Å². The molecule has 1 aromatic carbocycles. The highest BCUT2D eigenvalue weighted by Gasteiger charge is 2.38. The third-order valence-corrected chi connectivity index (χ3v) is 7.58. The smallest absolute Gasteiger partial charge is 0.348 e. The average molecular weight is 565 g/mol. The van der Waals surface area contributed by atoms with E-state index in [0.29, 0.717) is 12.3 Å². The van der Waals surface area contributed by atoms with E-state index in [1.54, 1.807) is 14.0 Å². The van der Waals surface area contributed by atoms with Gasteiger partial charge in [-0.3, -0.25) is 4.79 Å². The summed E-state index contributed by atoms with van der Waals surface area (Å²) in [6.07, 6.45) is 4.06. The zero-order valence-corrected chi connectivity index (χ0v) is 23.9. The molecule has 0 spiro atoms. The Morgan fingerprint density at radius 3 is 2.47 bits per heavy atom. The Bertz CT molecular complexity index is 1410. The Morgan fingerprint density at radius 1 is 1.32 bits per heavy atom. The first-order valence-corrected chi connectivity index (χ1v) is 14.5. The summed E-state index contributed by atoms with van der Waals surface area (Å²) in [7, 11) is -2.06. The number of rotatable bonds is 12. The summed E-state index contributed by atoms with van der Waals surface area (Å²) in [5.41, 5.74) is 0.790. The number of hydrogen-bond acceptors (Lipinski definition) is 9. The maximum absolute atomic E-state index is 14.1. The van der Waals surface area contributed by atoms with E-state index in [1.165, 1.54) is 29.9 Å². The van der Waals surface area contributed by atoms with Gasteiger partial charge in [0, 0.05) is 48.9 Å². The molecule has 0 amide bonds. The van der Waals surface area contributed by atoms with Gasteiger partial charge < -0.3 is 20.2 Å². The molecule has 10 nitrogen and oxygen atoms in total. The lowest BCUT2D eigenvalue weighted by Crippen LogP contribution is -2.21. The number of hydrogen-bond donors (Lipinski definition) is 2. The standard InChI is InChI=1S/C26H33ClN4O6S/c1-7-36-13-19-20(38(6,34)35)11-10-17(22(19)27)24(32)21-23(16-8-9-16)30-31(14(2)3)25(21)37-26(33)18(12-29-5)15(4)28/h10-12,14,16,28-29H,7-9,13H2,1-6H3/b18-12+,28-15?. The van der Waals surface area contributed by atoms with E-state index >= 15 is 0 Å². The molecule has 38 heavy (non-hydrogen) atoms. The first-order valence-electron chi connectivity index (χ1n) is 12.2. The van der Waals surface area contributed by atoms with Gasteiger partial charge in [-0.1, -0.05) is 11.6 Å². The number of nitrogens with one attached hydrogen (secondary N) is 2. The van der Waals surface area contributed by atoms with Crippen molar-refractivity contribution >= 4 is 38.9 Å². The monoisotopic (exact) mass is 564 g/mol. The number of carbonyl (C=O) groups excluding carboxylic acids is 2. The fourth-order valence-corrected chi connectivity index (χ4v) is 5.23. The van der Waals surface area contributed by atoms with Gasteiger partial charge in [0.05, 0.1) is 33.8 Å². The molecule has 1 aliphatic rings. The number of benzene rings is 1. The van der Waals surface area contributed by atoms with Crippen LogP contribution in [0, 0.1) is 5.41 Å². The summed E-state index contributed by atoms with van der Waals surface area (Å²) in [5, 5.41) is 15.3. The van der Waals surface area contributed by atoms with Gasteiger partial charge in [0.2, 0.25) is 11.7 Å². The molecule has 0 saturated heterocycles. The van der Waals surface area contributed by atoms with Crippen molar-refractivity contribution in [1.29, 1.82) is 5.41 Å². The summed E-state index contributed by atoms with van der Waals surface area (Å²) in [6.45, 7) is 7.12. The molecular formula is C26H33ClN4O6S. The van der Waals surface area contributed by atoms with Crippen LogP contribution >= 0.6 is 11.6 Å². The Labute approximate surface area is 227 Å². The molecule has 3 rings (SSSR count). The molecule has 1 fully saturated rings. The van der Waals surface area contributed by atoms with Gasteiger partial charge >= 0.3 is 5.97 Å². The molecule has 2 aromatic rings. The van der Waals surface area contributed by atoms with Crippen LogP contribution in [-0.2, 0) is 26.0 Å². The van der Waals surface area contributed by atoms with Gasteiger partial charge in [-0.25, -0.2) is 17.9 Å². The molecule has 1 aromatic heterocycles. The molecule has 12 heteroatoms. The summed E-state index contributed by atoms with van der Waals surface area (Å²) in [6, 6.07) is 2.44. The van der Waals surface area contributed by atoms with Crippen LogP contribution in [0.1, 0.15) is 79.7 Å². The highest BCUT2D eigenvalue weighted by Crippen LogP contribution is 2.45. The van der Waals surface area contributed by atoms with E-state index in [-0.39, 0.29) is 62.3 Å². The van der Waals surface area contributed by atoms with E-state index in [2.05, 4.69) is 10.4 Å². The molecule has 0 bridgehead atoms. The third kappa shape index (κ3) is 6.16. The molecule has 2 N–H and O–H groups in total. The highest BCUT2D eigenvalue weighted by molar-refractivity contribution is 7.90. The van der Waals surface area contributed by atoms with Crippen LogP contribution < -0.4 is 10.1 Å². The zero-order valence-electron chi connectivity index (χ0n) is 22.3. The third-order valence-electron chi connectivity index (χ3n) is 5.97. The van der Waals surface area contributed by atoms with E-state index in [1.807, 2.05) is 13.8 Å². The maximum atomic E-state index is 14.1. The van der Waals surface area contributed by atoms with Gasteiger partial charge in [0.15, 0.2) is 9.84 Å². The first kappa shape index (κ1) is 29.5. The van der Waals surface area contributed by atoms with Crippen molar-refractivity contribution in [1.82, 2.24) is 15.1 Å². The number of ether oxygens (including phenoxy) is 2. The second-order valence-corrected chi connectivity index (χ2v) is 11.7. The maximum Gasteiger partial charge on any atom is 0.348 e. The Morgan fingerprint density at radius 2 is 1.97 bits per heavy atom. The van der Waals surface area contributed by atoms with Crippen molar-refractivity contribution < 1.29 is 27.5 Å². The Kier molecular flexibility index (Phi) is 9.17. The molecule has 0 aliphatic heterocycles. The normalized spacial score (nSPS) is 14.1. The summed E-state index contributed by atoms with van der Waals surface area (Å²) >= 11 is 6.66. The molecule has 0 unspecified atom stereocenters. The summed E-state index contributed by atoms with van der Waals surface area (Å²) in [5.74, 6) is -1.40. The van der Waals surface area contributed by atoms with Crippen molar-refractivity contribution in [3.63, 3.8) is 0 Å². The quantitative estimate of drug-likeness (QED) is 0.169. The first-order chi connectivity index (χ1) is 17.8.